The van der Waals surface area contributed by atoms with Crippen LogP contribution in [0.15, 0.2) is 60.0 Å². The highest BCUT2D eigenvalue weighted by Gasteiger charge is 2.12. The molecule has 0 bridgehead atoms. The molecule has 2 heterocycles. The van der Waals surface area contributed by atoms with Crippen molar-refractivity contribution in [3.8, 4) is 17.3 Å². The second kappa shape index (κ2) is 12.8. The molecule has 8 nitrogen and oxygen atoms in total. The normalized spacial score (nSPS) is 11.1. The molecule has 0 spiro atoms. The molecule has 0 saturated carbocycles. The van der Waals surface area contributed by atoms with Crippen LogP contribution in [0, 0.1) is 0 Å². The van der Waals surface area contributed by atoms with Gasteiger partial charge in [0.05, 0.1) is 13.7 Å². The minimum absolute atomic E-state index is 0. The lowest BCUT2D eigenvalue weighted by Crippen LogP contribution is -2.36. The van der Waals surface area contributed by atoms with Crippen molar-refractivity contribution < 1.29 is 18.3 Å². The first-order valence-corrected chi connectivity index (χ1v) is 9.68. The zero-order chi connectivity index (χ0) is 22.1. The first-order valence-electron chi connectivity index (χ1n) is 9.68. The van der Waals surface area contributed by atoms with E-state index in [-0.39, 0.29) is 36.3 Å². The molecule has 2 aromatic heterocycles. The molecule has 0 atom stereocenters. The summed E-state index contributed by atoms with van der Waals surface area (Å²) in [5.74, 6) is 1.85. The van der Waals surface area contributed by atoms with E-state index in [2.05, 4.69) is 30.4 Å². The summed E-state index contributed by atoms with van der Waals surface area (Å²) in [6, 6.07) is 10.3. The molecule has 0 amide bonds. The SMILES string of the molecule is CCNC(=NCc1ccnc(-n2cccn2)c1)NCc1cc(OC)ccc1OC(F)F.I. The summed E-state index contributed by atoms with van der Waals surface area (Å²) in [4.78, 5) is 8.88. The highest BCUT2D eigenvalue weighted by molar-refractivity contribution is 14.0. The Morgan fingerprint density at radius 2 is 2.03 bits per heavy atom. The van der Waals surface area contributed by atoms with E-state index in [9.17, 15) is 8.78 Å². The maximum absolute atomic E-state index is 12.7. The van der Waals surface area contributed by atoms with Crippen molar-refractivity contribution in [3.63, 3.8) is 0 Å². The van der Waals surface area contributed by atoms with Gasteiger partial charge in [-0.3, -0.25) is 0 Å². The van der Waals surface area contributed by atoms with Gasteiger partial charge in [0.1, 0.15) is 11.5 Å². The molecule has 3 aromatic rings. The molecule has 172 valence electrons. The quantitative estimate of drug-likeness (QED) is 0.237. The van der Waals surface area contributed by atoms with Crippen molar-refractivity contribution >= 4 is 29.9 Å². The zero-order valence-corrected chi connectivity index (χ0v) is 20.0. The molecular formula is C21H25F2IN6O2. The Bertz CT molecular complexity index is 1000. The predicted molar refractivity (Wildman–Crippen MR) is 128 cm³/mol. The first kappa shape index (κ1) is 25.3. The van der Waals surface area contributed by atoms with E-state index >= 15 is 0 Å². The fourth-order valence-electron chi connectivity index (χ4n) is 2.81. The van der Waals surface area contributed by atoms with Crippen LogP contribution < -0.4 is 20.1 Å². The van der Waals surface area contributed by atoms with Crippen LogP contribution in [0.4, 0.5) is 8.78 Å². The van der Waals surface area contributed by atoms with E-state index in [4.69, 9.17) is 4.74 Å². The lowest BCUT2D eigenvalue weighted by molar-refractivity contribution is -0.0504. The minimum Gasteiger partial charge on any atom is -0.497 e. The Hall–Kier alpha value is -2.96. The molecule has 0 aliphatic carbocycles. The number of hydrogen-bond donors (Lipinski definition) is 2. The number of ether oxygens (including phenoxy) is 2. The number of aromatic nitrogens is 3. The summed E-state index contributed by atoms with van der Waals surface area (Å²) in [7, 11) is 1.51. The topological polar surface area (TPSA) is 85.6 Å². The van der Waals surface area contributed by atoms with E-state index in [0.29, 0.717) is 36.2 Å². The van der Waals surface area contributed by atoms with Crippen molar-refractivity contribution in [2.75, 3.05) is 13.7 Å². The second-order valence-electron chi connectivity index (χ2n) is 6.37. The largest absolute Gasteiger partial charge is 0.497 e. The number of nitrogens with one attached hydrogen (secondary N) is 2. The number of hydrogen-bond acceptors (Lipinski definition) is 5. The molecule has 1 aromatic carbocycles. The average Bonchev–Trinajstić information content (AvgIpc) is 3.31. The van der Waals surface area contributed by atoms with Gasteiger partial charge in [-0.2, -0.15) is 13.9 Å². The van der Waals surface area contributed by atoms with Gasteiger partial charge in [-0.15, -0.1) is 24.0 Å². The summed E-state index contributed by atoms with van der Waals surface area (Å²) < 4.78 is 36.9. The minimum atomic E-state index is -2.91. The lowest BCUT2D eigenvalue weighted by Gasteiger charge is -2.15. The second-order valence-corrected chi connectivity index (χ2v) is 6.37. The van der Waals surface area contributed by atoms with Gasteiger partial charge in [-0.1, -0.05) is 0 Å². The van der Waals surface area contributed by atoms with Gasteiger partial charge in [0, 0.05) is 37.2 Å². The van der Waals surface area contributed by atoms with Gasteiger partial charge in [0.15, 0.2) is 11.8 Å². The maximum Gasteiger partial charge on any atom is 0.387 e. The summed E-state index contributed by atoms with van der Waals surface area (Å²) in [6.07, 6.45) is 5.20. The molecule has 0 unspecified atom stereocenters. The van der Waals surface area contributed by atoms with Crippen molar-refractivity contribution in [3.05, 3.63) is 66.1 Å². The Morgan fingerprint density at radius 1 is 1.19 bits per heavy atom. The number of nitrogens with zero attached hydrogens (tertiary/aromatic N) is 4. The third-order valence-corrected chi connectivity index (χ3v) is 4.24. The smallest absolute Gasteiger partial charge is 0.387 e. The van der Waals surface area contributed by atoms with Crippen molar-refractivity contribution in [2.24, 2.45) is 4.99 Å². The van der Waals surface area contributed by atoms with Crippen LogP contribution >= 0.6 is 24.0 Å². The fourth-order valence-corrected chi connectivity index (χ4v) is 2.81. The molecule has 32 heavy (non-hydrogen) atoms. The Morgan fingerprint density at radius 3 is 2.72 bits per heavy atom. The summed E-state index contributed by atoms with van der Waals surface area (Å²) >= 11 is 0. The van der Waals surface area contributed by atoms with Crippen LogP contribution in [0.1, 0.15) is 18.1 Å². The van der Waals surface area contributed by atoms with E-state index in [0.717, 1.165) is 5.56 Å². The zero-order valence-electron chi connectivity index (χ0n) is 17.7. The van der Waals surface area contributed by atoms with Gasteiger partial charge in [0.2, 0.25) is 0 Å². The molecular weight excluding hydrogens is 533 g/mol. The van der Waals surface area contributed by atoms with Crippen molar-refractivity contribution in [1.82, 2.24) is 25.4 Å². The Labute approximate surface area is 202 Å². The molecule has 0 radical (unpaired) electrons. The van der Waals surface area contributed by atoms with Gasteiger partial charge in [0.25, 0.3) is 0 Å². The van der Waals surface area contributed by atoms with Gasteiger partial charge in [-0.05, 0) is 48.9 Å². The first-order chi connectivity index (χ1) is 15.1. The number of pyridine rings is 1. The molecule has 3 rings (SSSR count). The third kappa shape index (κ3) is 7.32. The molecule has 0 fully saturated rings. The Balaban J connectivity index is 0.00000363. The average molecular weight is 558 g/mol. The maximum atomic E-state index is 12.7. The van der Waals surface area contributed by atoms with Gasteiger partial charge >= 0.3 is 6.61 Å². The number of alkyl halides is 2. The lowest BCUT2D eigenvalue weighted by atomic mass is 10.2. The van der Waals surface area contributed by atoms with E-state index in [1.165, 1.54) is 13.2 Å². The number of guanidine groups is 1. The molecule has 11 heteroatoms. The van der Waals surface area contributed by atoms with Crippen LogP contribution in [-0.4, -0.2) is 41.0 Å². The molecule has 0 aliphatic rings. The number of benzene rings is 1. The van der Waals surface area contributed by atoms with Crippen LogP contribution in [0.3, 0.4) is 0 Å². The van der Waals surface area contributed by atoms with E-state index in [1.54, 1.807) is 29.2 Å². The number of halogens is 3. The van der Waals surface area contributed by atoms with Crippen LogP contribution in [0.2, 0.25) is 0 Å². The van der Waals surface area contributed by atoms with Crippen LogP contribution in [0.5, 0.6) is 11.5 Å². The Kier molecular flexibility index (Phi) is 10.1. The highest BCUT2D eigenvalue weighted by atomic mass is 127. The standard InChI is InChI=1S/C21H24F2N6O2.HI/c1-3-24-21(26-13-15-7-9-25-19(11-15)29-10-4-8-28-29)27-14-16-12-17(30-2)5-6-18(16)31-20(22)23;/h4-12,20H,3,13-14H2,1-2H3,(H2,24,26,27);1H. The molecule has 0 saturated heterocycles. The monoisotopic (exact) mass is 558 g/mol. The van der Waals surface area contributed by atoms with Gasteiger partial charge in [-0.25, -0.2) is 14.7 Å². The highest BCUT2D eigenvalue weighted by Crippen LogP contribution is 2.25. The molecule has 0 aliphatic heterocycles. The summed E-state index contributed by atoms with van der Waals surface area (Å²) in [6.45, 7) is 0.282. The summed E-state index contributed by atoms with van der Waals surface area (Å²) in [5.41, 5.74) is 1.47. The van der Waals surface area contributed by atoms with Crippen LogP contribution in [0.25, 0.3) is 5.82 Å². The van der Waals surface area contributed by atoms with Gasteiger partial charge < -0.3 is 20.1 Å². The molecule has 2 N–H and O–H groups in total. The summed E-state index contributed by atoms with van der Waals surface area (Å²) in [5, 5.41) is 10.5. The van der Waals surface area contributed by atoms with E-state index in [1.807, 2.05) is 31.3 Å². The number of rotatable bonds is 9. The van der Waals surface area contributed by atoms with E-state index < -0.39 is 6.61 Å². The van der Waals surface area contributed by atoms with Crippen molar-refractivity contribution in [1.29, 1.82) is 0 Å². The predicted octanol–water partition coefficient (Wildman–Crippen LogP) is 3.75. The third-order valence-electron chi connectivity index (χ3n) is 4.24. The van der Waals surface area contributed by atoms with Crippen molar-refractivity contribution in [2.45, 2.75) is 26.6 Å². The number of methoxy groups -OCH3 is 1. The van der Waals surface area contributed by atoms with Crippen LogP contribution in [-0.2, 0) is 13.1 Å². The fraction of sp³-hybridized carbons (Fsp3) is 0.286. The number of aliphatic imine (C=N–C) groups is 1.